The van der Waals surface area contributed by atoms with E-state index < -0.39 is 12.2 Å². The molecule has 1 aliphatic heterocycles. The van der Waals surface area contributed by atoms with Crippen LogP contribution in [0.5, 0.6) is 0 Å². The summed E-state index contributed by atoms with van der Waals surface area (Å²) in [6.45, 7) is 5.75. The van der Waals surface area contributed by atoms with Crippen LogP contribution in [0, 0.1) is 0 Å². The van der Waals surface area contributed by atoms with Crippen LogP contribution in [0.3, 0.4) is 0 Å². The molecule has 1 heterocycles. The Morgan fingerprint density at radius 1 is 1.08 bits per heavy atom. The maximum Gasteiger partial charge on any atom is 0.463 e. The molecule has 76 valence electrons. The molecule has 4 nitrogen and oxygen atoms in total. The van der Waals surface area contributed by atoms with E-state index in [0.29, 0.717) is 0 Å². The molecule has 0 aromatic carbocycles. The first kappa shape index (κ1) is 11.0. The second kappa shape index (κ2) is 3.96. The molecule has 13 heavy (non-hydrogen) atoms. The van der Waals surface area contributed by atoms with Crippen molar-refractivity contribution in [2.75, 3.05) is 13.2 Å². The van der Waals surface area contributed by atoms with Crippen molar-refractivity contribution < 1.29 is 19.5 Å². The van der Waals surface area contributed by atoms with E-state index in [2.05, 4.69) is 0 Å². The molecule has 1 rings (SSSR count). The van der Waals surface area contributed by atoms with Crippen LogP contribution < -0.4 is 0 Å². The molecule has 2 atom stereocenters. The summed E-state index contributed by atoms with van der Waals surface area (Å²) >= 11 is 0. The molecular formula is C8H17BO4. The second-order valence-electron chi connectivity index (χ2n) is 4.41. The molecule has 5 heteroatoms. The van der Waals surface area contributed by atoms with Gasteiger partial charge in [0.25, 0.3) is 0 Å². The fourth-order valence-corrected chi connectivity index (χ4v) is 1.25. The van der Waals surface area contributed by atoms with Crippen molar-refractivity contribution in [2.24, 2.45) is 0 Å². The highest BCUT2D eigenvalue weighted by Crippen LogP contribution is 2.34. The van der Waals surface area contributed by atoms with Gasteiger partial charge in [-0.1, -0.05) is 20.8 Å². The normalized spacial score (nSPS) is 29.8. The summed E-state index contributed by atoms with van der Waals surface area (Å²) in [5.74, 6) is 0. The largest absolute Gasteiger partial charge is 0.463 e. The summed E-state index contributed by atoms with van der Waals surface area (Å²) in [5.41, 5.74) is 0. The topological polar surface area (TPSA) is 58.9 Å². The molecule has 0 amide bonds. The van der Waals surface area contributed by atoms with Crippen molar-refractivity contribution in [1.29, 1.82) is 0 Å². The van der Waals surface area contributed by atoms with Crippen molar-refractivity contribution >= 4 is 7.12 Å². The van der Waals surface area contributed by atoms with Gasteiger partial charge < -0.3 is 19.5 Å². The smallest absolute Gasteiger partial charge is 0.403 e. The van der Waals surface area contributed by atoms with Gasteiger partial charge in [-0.15, -0.1) is 0 Å². The number of hydrogen-bond acceptors (Lipinski definition) is 4. The quantitative estimate of drug-likeness (QED) is 0.601. The Kier molecular flexibility index (Phi) is 3.35. The van der Waals surface area contributed by atoms with E-state index in [1.54, 1.807) is 0 Å². The van der Waals surface area contributed by atoms with E-state index in [1.165, 1.54) is 0 Å². The van der Waals surface area contributed by atoms with Crippen LogP contribution in [-0.2, 0) is 9.31 Å². The Bertz CT molecular complexity index is 156. The van der Waals surface area contributed by atoms with Crippen LogP contribution in [0.4, 0.5) is 0 Å². The highest BCUT2D eigenvalue weighted by Gasteiger charge is 2.45. The molecule has 2 unspecified atom stereocenters. The standard InChI is InChI=1S/C8H17BO4/c1-8(2,3)9-12-6(4-10)7(5-11)13-9/h6-7,10-11H,4-5H2,1-3H3. The third-order valence-corrected chi connectivity index (χ3v) is 2.08. The van der Waals surface area contributed by atoms with Gasteiger partial charge in [0.2, 0.25) is 0 Å². The van der Waals surface area contributed by atoms with E-state index in [-0.39, 0.29) is 25.6 Å². The zero-order valence-electron chi connectivity index (χ0n) is 8.36. The lowest BCUT2D eigenvalue weighted by molar-refractivity contribution is 0.0525. The Morgan fingerprint density at radius 3 is 1.69 bits per heavy atom. The summed E-state index contributed by atoms with van der Waals surface area (Å²) in [7, 11) is -0.346. The lowest BCUT2D eigenvalue weighted by Gasteiger charge is -2.20. The Labute approximate surface area is 79.0 Å². The van der Waals surface area contributed by atoms with E-state index in [4.69, 9.17) is 19.5 Å². The second-order valence-corrected chi connectivity index (χ2v) is 4.41. The minimum Gasteiger partial charge on any atom is -0.403 e. The third kappa shape index (κ3) is 2.43. The molecule has 0 aromatic rings. The number of aliphatic hydroxyl groups excluding tert-OH is 2. The molecular weight excluding hydrogens is 171 g/mol. The van der Waals surface area contributed by atoms with Crippen molar-refractivity contribution in [1.82, 2.24) is 0 Å². The molecule has 0 spiro atoms. The van der Waals surface area contributed by atoms with Crippen LogP contribution in [0.2, 0.25) is 5.31 Å². The van der Waals surface area contributed by atoms with Gasteiger partial charge >= 0.3 is 7.12 Å². The van der Waals surface area contributed by atoms with Crippen LogP contribution in [0.1, 0.15) is 20.8 Å². The summed E-state index contributed by atoms with van der Waals surface area (Å²) in [6, 6.07) is 0. The van der Waals surface area contributed by atoms with Crippen molar-refractivity contribution in [3.8, 4) is 0 Å². The molecule has 0 radical (unpaired) electrons. The number of rotatable bonds is 2. The third-order valence-electron chi connectivity index (χ3n) is 2.08. The van der Waals surface area contributed by atoms with E-state index in [1.807, 2.05) is 20.8 Å². The van der Waals surface area contributed by atoms with Crippen molar-refractivity contribution in [3.05, 3.63) is 0 Å². The minimum atomic E-state index is -0.394. The summed E-state index contributed by atoms with van der Waals surface area (Å²) < 4.78 is 10.9. The molecule has 0 aromatic heterocycles. The van der Waals surface area contributed by atoms with E-state index >= 15 is 0 Å². The van der Waals surface area contributed by atoms with Crippen LogP contribution in [-0.4, -0.2) is 42.8 Å². The first-order chi connectivity index (χ1) is 5.99. The highest BCUT2D eigenvalue weighted by molar-refractivity contribution is 6.49. The van der Waals surface area contributed by atoms with Gasteiger partial charge in [-0.3, -0.25) is 0 Å². The van der Waals surface area contributed by atoms with Gasteiger partial charge in [-0.05, 0) is 5.31 Å². The van der Waals surface area contributed by atoms with Gasteiger partial charge in [0, 0.05) is 0 Å². The minimum absolute atomic E-state index is 0.113. The maximum atomic E-state index is 8.93. The Hall–Kier alpha value is -0.0951. The van der Waals surface area contributed by atoms with Crippen molar-refractivity contribution in [3.63, 3.8) is 0 Å². The number of hydrogen-bond donors (Lipinski definition) is 2. The molecule has 0 bridgehead atoms. The first-order valence-electron chi connectivity index (χ1n) is 4.51. The average Bonchev–Trinajstić information content (AvgIpc) is 2.45. The van der Waals surface area contributed by atoms with Gasteiger partial charge in [0.1, 0.15) is 0 Å². The Morgan fingerprint density at radius 2 is 1.46 bits per heavy atom. The van der Waals surface area contributed by atoms with Crippen LogP contribution >= 0.6 is 0 Å². The molecule has 1 fully saturated rings. The SMILES string of the molecule is CC(C)(C)B1OC(CO)C(CO)O1. The van der Waals surface area contributed by atoms with Gasteiger partial charge in [-0.2, -0.15) is 0 Å². The number of aliphatic hydroxyl groups is 2. The lowest BCUT2D eigenvalue weighted by Crippen LogP contribution is -2.29. The molecule has 1 aliphatic rings. The van der Waals surface area contributed by atoms with E-state index in [9.17, 15) is 0 Å². The van der Waals surface area contributed by atoms with Gasteiger partial charge in [-0.25, -0.2) is 0 Å². The summed E-state index contributed by atoms with van der Waals surface area (Å²) in [5, 5.41) is 17.7. The van der Waals surface area contributed by atoms with Gasteiger partial charge in [0.15, 0.2) is 0 Å². The highest BCUT2D eigenvalue weighted by atomic mass is 16.7. The zero-order valence-corrected chi connectivity index (χ0v) is 8.36. The zero-order chi connectivity index (χ0) is 10.1. The maximum absolute atomic E-state index is 8.93. The predicted molar refractivity (Wildman–Crippen MR) is 49.4 cm³/mol. The summed E-state index contributed by atoms with van der Waals surface area (Å²) in [4.78, 5) is 0. The molecule has 1 saturated heterocycles. The van der Waals surface area contributed by atoms with Crippen molar-refractivity contribution in [2.45, 2.75) is 38.3 Å². The molecule has 2 N–H and O–H groups in total. The fourth-order valence-electron chi connectivity index (χ4n) is 1.25. The first-order valence-corrected chi connectivity index (χ1v) is 4.51. The molecule has 0 aliphatic carbocycles. The van der Waals surface area contributed by atoms with Gasteiger partial charge in [0.05, 0.1) is 25.4 Å². The monoisotopic (exact) mass is 188 g/mol. The predicted octanol–water partition coefficient (Wildman–Crippen LogP) is 0.0433. The fraction of sp³-hybridized carbons (Fsp3) is 1.00. The van der Waals surface area contributed by atoms with Crippen LogP contribution in [0.15, 0.2) is 0 Å². The lowest BCUT2D eigenvalue weighted by atomic mass is 9.61. The Balaban J connectivity index is 2.58. The van der Waals surface area contributed by atoms with Crippen LogP contribution in [0.25, 0.3) is 0 Å². The molecule has 0 saturated carbocycles. The summed E-state index contributed by atoms with van der Waals surface area (Å²) in [6.07, 6.45) is -0.788. The van der Waals surface area contributed by atoms with E-state index in [0.717, 1.165) is 0 Å². The average molecular weight is 188 g/mol.